The van der Waals surface area contributed by atoms with Crippen molar-refractivity contribution in [2.45, 2.75) is 39.5 Å². The third-order valence-corrected chi connectivity index (χ3v) is 4.57. The molecule has 0 aromatic heterocycles. The third-order valence-electron chi connectivity index (χ3n) is 4.12. The molecule has 0 saturated carbocycles. The maximum atomic E-state index is 12.6. The van der Waals surface area contributed by atoms with Crippen molar-refractivity contribution in [3.05, 3.63) is 69.2 Å². The molecule has 21 heavy (non-hydrogen) atoms. The summed E-state index contributed by atoms with van der Waals surface area (Å²) in [5.74, 6) is 0.0697. The summed E-state index contributed by atoms with van der Waals surface area (Å²) in [7, 11) is 0. The van der Waals surface area contributed by atoms with E-state index in [1.165, 1.54) is 5.56 Å². The van der Waals surface area contributed by atoms with E-state index in [1.54, 1.807) is 0 Å². The monoisotopic (exact) mass is 344 g/mol. The predicted molar refractivity (Wildman–Crippen MR) is 92.1 cm³/mol. The molecule has 1 nitrogen and oxygen atoms in total. The Morgan fingerprint density at radius 1 is 1.05 bits per heavy atom. The molecule has 2 heteroatoms. The maximum absolute atomic E-state index is 12.6. The number of ketones is 1. The average Bonchev–Trinajstić information content (AvgIpc) is 2.45. The van der Waals surface area contributed by atoms with Gasteiger partial charge >= 0.3 is 0 Å². The highest BCUT2D eigenvalue weighted by atomic mass is 79.9. The maximum Gasteiger partial charge on any atom is 0.193 e. The molecule has 0 radical (unpaired) electrons. The van der Waals surface area contributed by atoms with Gasteiger partial charge in [-0.15, -0.1) is 0 Å². The molecule has 0 spiro atoms. The first-order valence-electron chi connectivity index (χ1n) is 7.26. The Bertz CT molecular complexity index is 634. The number of hydrogen-bond acceptors (Lipinski definition) is 1. The molecule has 2 rings (SSSR count). The topological polar surface area (TPSA) is 17.1 Å². The molecule has 0 saturated heterocycles. The molecule has 110 valence electrons. The summed E-state index contributed by atoms with van der Waals surface area (Å²) >= 11 is 3.45. The summed E-state index contributed by atoms with van der Waals surface area (Å²) in [4.78, 5) is 12.6. The fourth-order valence-electron chi connectivity index (χ4n) is 2.31. The minimum Gasteiger partial charge on any atom is -0.289 e. The van der Waals surface area contributed by atoms with Crippen molar-refractivity contribution in [1.82, 2.24) is 0 Å². The molecule has 0 fully saturated rings. The third kappa shape index (κ3) is 3.62. The number of benzene rings is 2. The zero-order valence-corrected chi connectivity index (χ0v) is 14.6. The Labute approximate surface area is 135 Å². The van der Waals surface area contributed by atoms with E-state index in [0.717, 1.165) is 27.6 Å². The molecule has 0 bridgehead atoms. The Kier molecular flexibility index (Phi) is 4.67. The average molecular weight is 345 g/mol. The number of rotatable bonds is 4. The second kappa shape index (κ2) is 6.15. The zero-order chi connectivity index (χ0) is 15.6. The van der Waals surface area contributed by atoms with Crippen LogP contribution >= 0.6 is 15.9 Å². The summed E-state index contributed by atoms with van der Waals surface area (Å²) in [6, 6.07) is 13.8. The van der Waals surface area contributed by atoms with Crippen LogP contribution in [-0.4, -0.2) is 5.78 Å². The van der Waals surface area contributed by atoms with E-state index in [9.17, 15) is 4.79 Å². The van der Waals surface area contributed by atoms with Crippen molar-refractivity contribution in [2.75, 3.05) is 0 Å². The Hall–Kier alpha value is -1.41. The lowest BCUT2D eigenvalue weighted by Crippen LogP contribution is -2.15. The summed E-state index contributed by atoms with van der Waals surface area (Å²) in [5.41, 5.74) is 3.96. The van der Waals surface area contributed by atoms with Gasteiger partial charge in [-0.1, -0.05) is 61.0 Å². The molecule has 0 N–H and O–H groups in total. The smallest absolute Gasteiger partial charge is 0.193 e. The van der Waals surface area contributed by atoms with Gasteiger partial charge in [-0.05, 0) is 48.1 Å². The van der Waals surface area contributed by atoms with Gasteiger partial charge in [0.05, 0.1) is 0 Å². The quantitative estimate of drug-likeness (QED) is 0.652. The van der Waals surface area contributed by atoms with Crippen molar-refractivity contribution >= 4 is 21.7 Å². The molecule has 0 aliphatic rings. The van der Waals surface area contributed by atoms with E-state index >= 15 is 0 Å². The highest BCUT2D eigenvalue weighted by Gasteiger charge is 2.18. The number of halogens is 1. The second-order valence-electron chi connectivity index (χ2n) is 6.16. The van der Waals surface area contributed by atoms with Crippen LogP contribution in [0, 0.1) is 6.92 Å². The number of carbonyl (C=O) groups is 1. The first-order chi connectivity index (χ1) is 9.83. The molecule has 0 amide bonds. The molecule has 0 aliphatic heterocycles. The van der Waals surface area contributed by atoms with Crippen molar-refractivity contribution in [1.29, 1.82) is 0 Å². The lowest BCUT2D eigenvalue weighted by molar-refractivity contribution is 0.103. The second-order valence-corrected chi connectivity index (χ2v) is 7.08. The van der Waals surface area contributed by atoms with Crippen molar-refractivity contribution < 1.29 is 4.79 Å². The van der Waals surface area contributed by atoms with Crippen LogP contribution < -0.4 is 0 Å². The van der Waals surface area contributed by atoms with Gasteiger partial charge in [0.25, 0.3) is 0 Å². The Morgan fingerprint density at radius 2 is 1.67 bits per heavy atom. The minimum absolute atomic E-state index is 0.0697. The minimum atomic E-state index is 0.0697. The largest absolute Gasteiger partial charge is 0.289 e. The highest BCUT2D eigenvalue weighted by molar-refractivity contribution is 9.10. The van der Waals surface area contributed by atoms with Gasteiger partial charge in [-0.25, -0.2) is 0 Å². The van der Waals surface area contributed by atoms with Crippen LogP contribution in [0.5, 0.6) is 0 Å². The van der Waals surface area contributed by atoms with Crippen LogP contribution in [0.1, 0.15) is 54.2 Å². The van der Waals surface area contributed by atoms with E-state index in [2.05, 4.69) is 48.8 Å². The number of hydrogen-bond donors (Lipinski definition) is 0. The van der Waals surface area contributed by atoms with E-state index in [0.29, 0.717) is 0 Å². The fraction of sp³-hybridized carbons (Fsp3) is 0.316. The number of aryl methyl sites for hydroxylation is 1. The van der Waals surface area contributed by atoms with Crippen LogP contribution in [0.4, 0.5) is 0 Å². The van der Waals surface area contributed by atoms with Crippen LogP contribution in [0.2, 0.25) is 0 Å². The van der Waals surface area contributed by atoms with E-state index in [1.807, 2.05) is 37.3 Å². The van der Waals surface area contributed by atoms with Gasteiger partial charge in [0, 0.05) is 15.6 Å². The normalized spacial score (nSPS) is 11.5. The molecule has 0 unspecified atom stereocenters. The first-order valence-corrected chi connectivity index (χ1v) is 8.05. The Morgan fingerprint density at radius 3 is 2.19 bits per heavy atom. The van der Waals surface area contributed by atoms with Gasteiger partial charge in [0.15, 0.2) is 5.78 Å². The standard InChI is InChI=1S/C19H21BrO/c1-5-19(3,4)16-8-6-14(7-9-16)18(21)15-10-13(2)11-17(20)12-15/h6-12H,5H2,1-4H3. The summed E-state index contributed by atoms with van der Waals surface area (Å²) in [6.07, 6.45) is 1.07. The lowest BCUT2D eigenvalue weighted by atomic mass is 9.82. The highest BCUT2D eigenvalue weighted by Crippen LogP contribution is 2.27. The Balaban J connectivity index is 2.32. The van der Waals surface area contributed by atoms with Crippen molar-refractivity contribution in [3.63, 3.8) is 0 Å². The number of carbonyl (C=O) groups excluding carboxylic acids is 1. The van der Waals surface area contributed by atoms with E-state index in [4.69, 9.17) is 0 Å². The van der Waals surface area contributed by atoms with E-state index < -0.39 is 0 Å². The van der Waals surface area contributed by atoms with Gasteiger partial charge in [0.2, 0.25) is 0 Å². The molecule has 2 aromatic carbocycles. The van der Waals surface area contributed by atoms with Crippen molar-refractivity contribution in [2.24, 2.45) is 0 Å². The van der Waals surface area contributed by atoms with Crippen LogP contribution in [-0.2, 0) is 5.41 Å². The summed E-state index contributed by atoms with van der Waals surface area (Å²) in [6.45, 7) is 8.63. The van der Waals surface area contributed by atoms with Gasteiger partial charge < -0.3 is 0 Å². The fourth-order valence-corrected chi connectivity index (χ4v) is 2.92. The molecule has 2 aromatic rings. The molecular weight excluding hydrogens is 324 g/mol. The molecular formula is C19H21BrO. The van der Waals surface area contributed by atoms with Crippen LogP contribution in [0.15, 0.2) is 46.9 Å². The lowest BCUT2D eigenvalue weighted by Gasteiger charge is -2.23. The first kappa shape index (κ1) is 16.0. The zero-order valence-electron chi connectivity index (χ0n) is 13.0. The van der Waals surface area contributed by atoms with Crippen molar-refractivity contribution in [3.8, 4) is 0 Å². The SMILES string of the molecule is CCC(C)(C)c1ccc(C(=O)c2cc(C)cc(Br)c2)cc1. The molecule has 0 aliphatic carbocycles. The molecule has 0 atom stereocenters. The summed E-state index contributed by atoms with van der Waals surface area (Å²) in [5, 5.41) is 0. The van der Waals surface area contributed by atoms with Gasteiger partial charge in [0.1, 0.15) is 0 Å². The van der Waals surface area contributed by atoms with Crippen LogP contribution in [0.25, 0.3) is 0 Å². The van der Waals surface area contributed by atoms with E-state index in [-0.39, 0.29) is 11.2 Å². The van der Waals surface area contributed by atoms with Gasteiger partial charge in [-0.3, -0.25) is 4.79 Å². The van der Waals surface area contributed by atoms with Crippen LogP contribution in [0.3, 0.4) is 0 Å². The molecule has 0 heterocycles. The summed E-state index contributed by atoms with van der Waals surface area (Å²) < 4.78 is 0.939. The predicted octanol–water partition coefficient (Wildman–Crippen LogP) is 5.68. The van der Waals surface area contributed by atoms with Gasteiger partial charge in [-0.2, -0.15) is 0 Å².